The van der Waals surface area contributed by atoms with Crippen LogP contribution < -0.4 is 5.73 Å². The summed E-state index contributed by atoms with van der Waals surface area (Å²) in [4.78, 5) is 7.83. The Morgan fingerprint density at radius 1 is 1.24 bits per heavy atom. The van der Waals surface area contributed by atoms with Crippen LogP contribution in [0.5, 0.6) is 0 Å². The number of fused-ring (bicyclic) bond motifs is 3. The molecule has 0 spiro atoms. The van der Waals surface area contributed by atoms with E-state index in [0.29, 0.717) is 0 Å². The van der Waals surface area contributed by atoms with Gasteiger partial charge in [-0.15, -0.1) is 0 Å². The Morgan fingerprint density at radius 2 is 2.06 bits per heavy atom. The minimum Gasteiger partial charge on any atom is -0.340 e. The number of imidazole rings is 1. The number of H-pyrrole nitrogens is 1. The van der Waals surface area contributed by atoms with Crippen LogP contribution in [0.25, 0.3) is 21.8 Å². The van der Waals surface area contributed by atoms with Crippen LogP contribution in [0.1, 0.15) is 24.4 Å². The first-order valence-corrected chi connectivity index (χ1v) is 5.80. The highest BCUT2D eigenvalue weighted by Crippen LogP contribution is 2.25. The number of nitrogens with zero attached hydrogens (tertiary/aromatic N) is 1. The molecule has 3 aromatic rings. The minimum atomic E-state index is -0.0668. The zero-order valence-electron chi connectivity index (χ0n) is 9.99. The lowest BCUT2D eigenvalue weighted by atomic mass is 10.1. The van der Waals surface area contributed by atoms with Gasteiger partial charge in [0.25, 0.3) is 0 Å². The number of hydrogen-bond donors (Lipinski definition) is 2. The predicted octanol–water partition coefficient (Wildman–Crippen LogP) is 3.04. The molecule has 1 heterocycles. The summed E-state index contributed by atoms with van der Waals surface area (Å²) >= 11 is 0. The van der Waals surface area contributed by atoms with Crippen molar-refractivity contribution in [2.45, 2.75) is 19.9 Å². The smallest absolute Gasteiger partial charge is 0.123 e. The van der Waals surface area contributed by atoms with Gasteiger partial charge in [0.15, 0.2) is 0 Å². The van der Waals surface area contributed by atoms with Crippen LogP contribution in [0, 0.1) is 6.92 Å². The Morgan fingerprint density at radius 3 is 2.82 bits per heavy atom. The summed E-state index contributed by atoms with van der Waals surface area (Å²) in [5.41, 5.74) is 9.18. The lowest BCUT2D eigenvalue weighted by molar-refractivity contribution is 0.760. The Labute approximate surface area is 99.7 Å². The Bertz CT molecular complexity index is 695. The van der Waals surface area contributed by atoms with Gasteiger partial charge in [-0.25, -0.2) is 4.98 Å². The third-order valence-electron chi connectivity index (χ3n) is 3.08. The van der Waals surface area contributed by atoms with Gasteiger partial charge in [0.1, 0.15) is 5.82 Å². The first kappa shape index (κ1) is 10.3. The molecule has 0 aliphatic heterocycles. The second-order valence-corrected chi connectivity index (χ2v) is 4.59. The molecule has 0 amide bonds. The van der Waals surface area contributed by atoms with Crippen LogP contribution in [-0.2, 0) is 0 Å². The molecule has 1 aromatic heterocycles. The maximum Gasteiger partial charge on any atom is 0.123 e. The maximum atomic E-state index is 5.85. The van der Waals surface area contributed by atoms with Crippen molar-refractivity contribution < 1.29 is 0 Å². The van der Waals surface area contributed by atoms with E-state index in [1.165, 1.54) is 16.3 Å². The molecule has 3 nitrogen and oxygen atoms in total. The fourth-order valence-corrected chi connectivity index (χ4v) is 2.16. The van der Waals surface area contributed by atoms with Crippen LogP contribution in [0.3, 0.4) is 0 Å². The van der Waals surface area contributed by atoms with Crippen molar-refractivity contribution in [1.29, 1.82) is 0 Å². The highest BCUT2D eigenvalue weighted by Gasteiger charge is 2.08. The topological polar surface area (TPSA) is 54.7 Å². The number of nitrogens with two attached hydrogens (primary N) is 1. The van der Waals surface area contributed by atoms with Gasteiger partial charge in [-0.2, -0.15) is 0 Å². The lowest BCUT2D eigenvalue weighted by Crippen LogP contribution is -2.06. The second kappa shape index (κ2) is 3.57. The van der Waals surface area contributed by atoms with Gasteiger partial charge in [-0.1, -0.05) is 29.8 Å². The van der Waals surface area contributed by atoms with Crippen molar-refractivity contribution in [3.8, 4) is 0 Å². The summed E-state index contributed by atoms with van der Waals surface area (Å²) in [5, 5.41) is 2.44. The van der Waals surface area contributed by atoms with Crippen molar-refractivity contribution in [3.05, 3.63) is 41.7 Å². The summed E-state index contributed by atoms with van der Waals surface area (Å²) < 4.78 is 0. The van der Waals surface area contributed by atoms with Crippen LogP contribution >= 0.6 is 0 Å². The molecule has 0 aliphatic rings. The van der Waals surface area contributed by atoms with E-state index >= 15 is 0 Å². The van der Waals surface area contributed by atoms with Gasteiger partial charge in [0.2, 0.25) is 0 Å². The minimum absolute atomic E-state index is 0.0668. The molecule has 0 bridgehead atoms. The molecule has 3 heteroatoms. The molecule has 0 radical (unpaired) electrons. The highest BCUT2D eigenvalue weighted by molar-refractivity contribution is 6.04. The van der Waals surface area contributed by atoms with Gasteiger partial charge in [-0.3, -0.25) is 0 Å². The van der Waals surface area contributed by atoms with Crippen LogP contribution in [0.15, 0.2) is 30.3 Å². The predicted molar refractivity (Wildman–Crippen MR) is 70.9 cm³/mol. The largest absolute Gasteiger partial charge is 0.340 e. The average Bonchev–Trinajstić information content (AvgIpc) is 2.72. The standard InChI is InChI=1S/C14H15N3/c1-8-3-5-11-10(7-8)4-6-12-13(11)17-14(16-12)9(2)15/h3-7,9H,15H2,1-2H3,(H,16,17)/t9-/m1/s1. The van der Waals surface area contributed by atoms with Crippen molar-refractivity contribution in [2.24, 2.45) is 5.73 Å². The van der Waals surface area contributed by atoms with Gasteiger partial charge in [-0.05, 0) is 25.3 Å². The van der Waals surface area contributed by atoms with Crippen molar-refractivity contribution in [1.82, 2.24) is 9.97 Å². The molecule has 0 saturated carbocycles. The summed E-state index contributed by atoms with van der Waals surface area (Å²) in [6.45, 7) is 4.04. The molecule has 17 heavy (non-hydrogen) atoms. The highest BCUT2D eigenvalue weighted by atomic mass is 15.0. The quantitative estimate of drug-likeness (QED) is 0.668. The first-order chi connectivity index (χ1) is 8.15. The molecule has 3 rings (SSSR count). The SMILES string of the molecule is Cc1ccc2c(ccc3nc([C@@H](C)N)[nH]c32)c1. The number of aromatic amines is 1. The third kappa shape index (κ3) is 1.59. The summed E-state index contributed by atoms with van der Waals surface area (Å²) in [6.07, 6.45) is 0. The molecule has 2 aromatic carbocycles. The molecule has 0 saturated heterocycles. The Hall–Kier alpha value is -1.87. The first-order valence-electron chi connectivity index (χ1n) is 5.80. The van der Waals surface area contributed by atoms with Crippen molar-refractivity contribution >= 4 is 21.8 Å². The molecule has 0 fully saturated rings. The van der Waals surface area contributed by atoms with Crippen LogP contribution in [0.2, 0.25) is 0 Å². The number of nitrogens with one attached hydrogen (secondary N) is 1. The van der Waals surface area contributed by atoms with E-state index in [9.17, 15) is 0 Å². The molecular formula is C14H15N3. The number of benzene rings is 2. The fraction of sp³-hybridized carbons (Fsp3) is 0.214. The Kier molecular flexibility index (Phi) is 2.16. The van der Waals surface area contributed by atoms with E-state index in [1.54, 1.807) is 0 Å². The van der Waals surface area contributed by atoms with E-state index in [2.05, 4.69) is 41.2 Å². The van der Waals surface area contributed by atoms with E-state index in [0.717, 1.165) is 16.9 Å². The zero-order chi connectivity index (χ0) is 12.0. The second-order valence-electron chi connectivity index (χ2n) is 4.59. The summed E-state index contributed by atoms with van der Waals surface area (Å²) in [5.74, 6) is 0.841. The van der Waals surface area contributed by atoms with E-state index in [4.69, 9.17) is 5.73 Å². The van der Waals surface area contributed by atoms with Crippen LogP contribution in [0.4, 0.5) is 0 Å². The van der Waals surface area contributed by atoms with E-state index in [1.807, 2.05) is 13.0 Å². The lowest BCUT2D eigenvalue weighted by Gasteiger charge is -2.00. The summed E-state index contributed by atoms with van der Waals surface area (Å²) in [7, 11) is 0. The molecule has 1 atom stereocenters. The van der Waals surface area contributed by atoms with Gasteiger partial charge in [0, 0.05) is 5.39 Å². The molecule has 86 valence electrons. The maximum absolute atomic E-state index is 5.85. The van der Waals surface area contributed by atoms with Crippen LogP contribution in [-0.4, -0.2) is 9.97 Å². The third-order valence-corrected chi connectivity index (χ3v) is 3.08. The van der Waals surface area contributed by atoms with Crippen molar-refractivity contribution in [2.75, 3.05) is 0 Å². The summed E-state index contributed by atoms with van der Waals surface area (Å²) in [6, 6.07) is 10.5. The number of rotatable bonds is 1. The van der Waals surface area contributed by atoms with E-state index < -0.39 is 0 Å². The number of hydrogen-bond acceptors (Lipinski definition) is 2. The Balaban J connectivity index is 2.38. The monoisotopic (exact) mass is 225 g/mol. The number of aromatic nitrogens is 2. The van der Waals surface area contributed by atoms with Gasteiger partial charge >= 0.3 is 0 Å². The molecule has 0 unspecified atom stereocenters. The molecule has 0 aliphatic carbocycles. The van der Waals surface area contributed by atoms with Crippen molar-refractivity contribution in [3.63, 3.8) is 0 Å². The molecule has 3 N–H and O–H groups in total. The van der Waals surface area contributed by atoms with Gasteiger partial charge in [0.05, 0.1) is 17.1 Å². The zero-order valence-corrected chi connectivity index (χ0v) is 9.99. The number of aryl methyl sites for hydroxylation is 1. The average molecular weight is 225 g/mol. The fourth-order valence-electron chi connectivity index (χ4n) is 2.16. The van der Waals surface area contributed by atoms with E-state index in [-0.39, 0.29) is 6.04 Å². The molecular weight excluding hydrogens is 210 g/mol. The normalized spacial score (nSPS) is 13.4. The van der Waals surface area contributed by atoms with Gasteiger partial charge < -0.3 is 10.7 Å².